The maximum Gasteiger partial charge on any atom is 0.271 e. The number of nitrogens with one attached hydrogen (secondary N) is 1. The van der Waals surface area contributed by atoms with Gasteiger partial charge in [0.05, 0.1) is 5.02 Å². The van der Waals surface area contributed by atoms with E-state index in [0.717, 1.165) is 5.56 Å². The zero-order valence-corrected chi connectivity index (χ0v) is 10.9. The summed E-state index contributed by atoms with van der Waals surface area (Å²) in [7, 11) is 0. The average molecular weight is 277 g/mol. The Bertz CT molecular complexity index is 574. The van der Waals surface area contributed by atoms with Gasteiger partial charge in [-0.1, -0.05) is 11.6 Å². The molecule has 0 unspecified atom stereocenters. The number of carbonyl (C=O) groups is 1. The first-order chi connectivity index (χ1) is 9.16. The highest BCUT2D eigenvalue weighted by Crippen LogP contribution is 2.14. The van der Waals surface area contributed by atoms with Gasteiger partial charge in [0.2, 0.25) is 0 Å². The molecular weight excluding hydrogens is 264 g/mol. The summed E-state index contributed by atoms with van der Waals surface area (Å²) in [5.41, 5.74) is 6.78. The fraction of sp³-hybridized carbons (Fsp3) is 0.154. The summed E-state index contributed by atoms with van der Waals surface area (Å²) in [6, 6.07) is 6.91. The van der Waals surface area contributed by atoms with E-state index >= 15 is 0 Å². The van der Waals surface area contributed by atoms with Crippen LogP contribution in [0.3, 0.4) is 0 Å². The first kappa shape index (κ1) is 13.3. The summed E-state index contributed by atoms with van der Waals surface area (Å²) < 4.78 is 0. The van der Waals surface area contributed by atoms with Crippen LogP contribution in [0, 0.1) is 0 Å². The molecule has 2 aromatic heterocycles. The summed E-state index contributed by atoms with van der Waals surface area (Å²) in [4.78, 5) is 19.7. The molecule has 5 nitrogen and oxygen atoms in total. The second-order valence-electron chi connectivity index (χ2n) is 3.93. The van der Waals surface area contributed by atoms with Crippen molar-refractivity contribution in [2.75, 3.05) is 12.3 Å². The number of anilines is 1. The van der Waals surface area contributed by atoms with E-state index in [9.17, 15) is 4.79 Å². The van der Waals surface area contributed by atoms with Crippen molar-refractivity contribution in [3.8, 4) is 0 Å². The summed E-state index contributed by atoms with van der Waals surface area (Å²) in [6.07, 6.45) is 4.15. The monoisotopic (exact) mass is 276 g/mol. The van der Waals surface area contributed by atoms with E-state index in [0.29, 0.717) is 13.0 Å². The molecule has 0 aromatic carbocycles. The molecule has 3 N–H and O–H groups in total. The summed E-state index contributed by atoms with van der Waals surface area (Å²) in [5, 5.41) is 3.04. The number of nitrogens with zero attached hydrogens (tertiary/aromatic N) is 2. The minimum atomic E-state index is -0.327. The number of halogens is 1. The normalized spacial score (nSPS) is 10.2. The number of nitrogen functional groups attached to an aromatic ring is 1. The molecule has 6 heteroatoms. The van der Waals surface area contributed by atoms with Crippen LogP contribution in [0.15, 0.2) is 36.7 Å². The zero-order chi connectivity index (χ0) is 13.7. The number of pyridine rings is 2. The van der Waals surface area contributed by atoms with Crippen LogP contribution in [0.4, 0.5) is 5.82 Å². The highest BCUT2D eigenvalue weighted by Gasteiger charge is 2.11. The molecule has 0 aliphatic carbocycles. The SMILES string of the molecule is Nc1ccc(Cl)c(C(=O)NCCc2ccncc2)n1. The maximum absolute atomic E-state index is 11.9. The van der Waals surface area contributed by atoms with Gasteiger partial charge in [0.1, 0.15) is 11.5 Å². The summed E-state index contributed by atoms with van der Waals surface area (Å²) >= 11 is 5.90. The van der Waals surface area contributed by atoms with Gasteiger partial charge >= 0.3 is 0 Å². The van der Waals surface area contributed by atoms with Crippen LogP contribution in [-0.2, 0) is 6.42 Å². The van der Waals surface area contributed by atoms with Crippen molar-refractivity contribution in [2.24, 2.45) is 0 Å². The van der Waals surface area contributed by atoms with E-state index in [1.54, 1.807) is 24.5 Å². The lowest BCUT2D eigenvalue weighted by Crippen LogP contribution is -2.27. The van der Waals surface area contributed by atoms with Gasteiger partial charge in [-0.2, -0.15) is 0 Å². The van der Waals surface area contributed by atoms with Crippen LogP contribution in [0.5, 0.6) is 0 Å². The van der Waals surface area contributed by atoms with E-state index in [2.05, 4.69) is 15.3 Å². The van der Waals surface area contributed by atoms with E-state index in [4.69, 9.17) is 17.3 Å². The lowest BCUT2D eigenvalue weighted by atomic mass is 10.2. The topological polar surface area (TPSA) is 80.9 Å². The predicted octanol–water partition coefficient (Wildman–Crippen LogP) is 1.68. The quantitative estimate of drug-likeness (QED) is 0.890. The van der Waals surface area contributed by atoms with Gasteiger partial charge in [0.25, 0.3) is 5.91 Å². The number of hydrogen-bond acceptors (Lipinski definition) is 4. The fourth-order valence-electron chi connectivity index (χ4n) is 1.57. The molecule has 0 spiro atoms. The molecule has 0 atom stereocenters. The molecule has 0 radical (unpaired) electrons. The zero-order valence-electron chi connectivity index (χ0n) is 10.1. The minimum Gasteiger partial charge on any atom is -0.384 e. The van der Waals surface area contributed by atoms with Crippen molar-refractivity contribution < 1.29 is 4.79 Å². The van der Waals surface area contributed by atoms with Gasteiger partial charge in [0.15, 0.2) is 0 Å². The third-order valence-electron chi connectivity index (χ3n) is 2.53. The molecule has 0 aliphatic heterocycles. The van der Waals surface area contributed by atoms with Crippen LogP contribution in [-0.4, -0.2) is 22.4 Å². The molecule has 2 rings (SSSR count). The van der Waals surface area contributed by atoms with E-state index in [-0.39, 0.29) is 22.4 Å². The summed E-state index contributed by atoms with van der Waals surface area (Å²) in [6.45, 7) is 0.496. The van der Waals surface area contributed by atoms with Crippen LogP contribution >= 0.6 is 11.6 Å². The molecule has 0 saturated heterocycles. The van der Waals surface area contributed by atoms with Crippen LogP contribution in [0.25, 0.3) is 0 Å². The van der Waals surface area contributed by atoms with Gasteiger partial charge in [0, 0.05) is 18.9 Å². The van der Waals surface area contributed by atoms with Crippen molar-refractivity contribution >= 4 is 23.3 Å². The number of nitrogens with two attached hydrogens (primary N) is 1. The molecule has 19 heavy (non-hydrogen) atoms. The van der Waals surface area contributed by atoms with Gasteiger partial charge in [-0.3, -0.25) is 9.78 Å². The Labute approximate surface area is 115 Å². The molecule has 98 valence electrons. The van der Waals surface area contributed by atoms with E-state index in [1.165, 1.54) is 0 Å². The Kier molecular flexibility index (Phi) is 4.30. The van der Waals surface area contributed by atoms with Gasteiger partial charge in [-0.25, -0.2) is 4.98 Å². The number of rotatable bonds is 4. The van der Waals surface area contributed by atoms with Gasteiger partial charge in [-0.05, 0) is 36.2 Å². The average Bonchev–Trinajstić information content (AvgIpc) is 2.42. The van der Waals surface area contributed by atoms with Crippen molar-refractivity contribution in [3.63, 3.8) is 0 Å². The lowest BCUT2D eigenvalue weighted by Gasteiger charge is -2.06. The highest BCUT2D eigenvalue weighted by atomic mass is 35.5. The van der Waals surface area contributed by atoms with Crippen LogP contribution in [0.1, 0.15) is 16.1 Å². The minimum absolute atomic E-state index is 0.149. The molecule has 1 amide bonds. The fourth-order valence-corrected chi connectivity index (χ4v) is 1.76. The lowest BCUT2D eigenvalue weighted by molar-refractivity contribution is 0.0949. The molecule has 2 aromatic rings. The Morgan fingerprint density at radius 3 is 2.74 bits per heavy atom. The number of amides is 1. The Hall–Kier alpha value is -2.14. The number of carbonyl (C=O) groups excluding carboxylic acids is 1. The largest absolute Gasteiger partial charge is 0.384 e. The second-order valence-corrected chi connectivity index (χ2v) is 4.34. The number of aromatic nitrogens is 2. The third-order valence-corrected chi connectivity index (χ3v) is 2.84. The first-order valence-corrected chi connectivity index (χ1v) is 6.14. The molecule has 0 fully saturated rings. The molecule has 2 heterocycles. The highest BCUT2D eigenvalue weighted by molar-refractivity contribution is 6.33. The second kappa shape index (κ2) is 6.15. The van der Waals surface area contributed by atoms with Crippen LogP contribution < -0.4 is 11.1 Å². The van der Waals surface area contributed by atoms with Crippen LogP contribution in [0.2, 0.25) is 5.02 Å². The van der Waals surface area contributed by atoms with Crippen molar-refractivity contribution in [1.29, 1.82) is 0 Å². The maximum atomic E-state index is 11.9. The van der Waals surface area contributed by atoms with Gasteiger partial charge in [-0.15, -0.1) is 0 Å². The predicted molar refractivity (Wildman–Crippen MR) is 73.9 cm³/mol. The molecule has 0 aliphatic rings. The third kappa shape index (κ3) is 3.66. The first-order valence-electron chi connectivity index (χ1n) is 5.76. The van der Waals surface area contributed by atoms with E-state index < -0.39 is 0 Å². The molecule has 0 saturated carbocycles. The smallest absolute Gasteiger partial charge is 0.271 e. The van der Waals surface area contributed by atoms with Crippen molar-refractivity contribution in [2.45, 2.75) is 6.42 Å². The van der Waals surface area contributed by atoms with E-state index in [1.807, 2.05) is 12.1 Å². The Morgan fingerprint density at radius 2 is 2.00 bits per heavy atom. The van der Waals surface area contributed by atoms with Crippen molar-refractivity contribution in [3.05, 3.63) is 52.9 Å². The van der Waals surface area contributed by atoms with Gasteiger partial charge < -0.3 is 11.1 Å². The standard InChI is InChI=1S/C13H13ClN4O/c14-10-1-2-11(15)18-12(10)13(19)17-8-5-9-3-6-16-7-4-9/h1-4,6-7H,5,8H2,(H2,15,18)(H,17,19). The Balaban J connectivity index is 1.93. The molecular formula is C13H13ClN4O. The Morgan fingerprint density at radius 1 is 1.26 bits per heavy atom. The summed E-state index contributed by atoms with van der Waals surface area (Å²) in [5.74, 6) is -0.0601. The number of hydrogen-bond donors (Lipinski definition) is 2. The molecule has 0 bridgehead atoms. The van der Waals surface area contributed by atoms with Crippen molar-refractivity contribution in [1.82, 2.24) is 15.3 Å².